The van der Waals surface area contributed by atoms with Gasteiger partial charge in [0.15, 0.2) is 6.61 Å². The second-order valence-electron chi connectivity index (χ2n) is 12.2. The number of nitrogens with zero attached hydrogens (tertiary/aromatic N) is 3. The van der Waals surface area contributed by atoms with Gasteiger partial charge in [0.05, 0.1) is 5.69 Å². The summed E-state index contributed by atoms with van der Waals surface area (Å²) in [5, 5.41) is 2.88. The third-order valence-electron chi connectivity index (χ3n) is 7.91. The monoisotopic (exact) mass is 540 g/mol. The van der Waals surface area contributed by atoms with Gasteiger partial charge in [0.2, 0.25) is 5.88 Å². The van der Waals surface area contributed by atoms with Crippen molar-refractivity contribution in [1.29, 1.82) is 0 Å². The van der Waals surface area contributed by atoms with E-state index >= 15 is 0 Å². The molecule has 2 aromatic carbocycles. The van der Waals surface area contributed by atoms with Gasteiger partial charge in [-0.3, -0.25) is 9.69 Å². The van der Waals surface area contributed by atoms with Crippen LogP contribution in [0.15, 0.2) is 60.7 Å². The summed E-state index contributed by atoms with van der Waals surface area (Å²) >= 11 is 0. The van der Waals surface area contributed by atoms with Crippen LogP contribution in [0.3, 0.4) is 0 Å². The molecule has 1 aromatic heterocycles. The van der Waals surface area contributed by atoms with Gasteiger partial charge in [0.25, 0.3) is 5.91 Å². The number of ether oxygens (including phenoxy) is 2. The highest BCUT2D eigenvalue weighted by Crippen LogP contribution is 2.42. The highest BCUT2D eigenvalue weighted by molar-refractivity contribution is 5.97. The summed E-state index contributed by atoms with van der Waals surface area (Å²) in [7, 11) is 0. The second-order valence-corrected chi connectivity index (χ2v) is 12.2. The number of carbonyl (C=O) groups excluding carboxylic acids is 2. The number of nitrogens with one attached hydrogen (secondary N) is 1. The number of amides is 2. The van der Waals surface area contributed by atoms with Gasteiger partial charge in [-0.05, 0) is 56.2 Å². The van der Waals surface area contributed by atoms with Crippen LogP contribution >= 0.6 is 0 Å². The van der Waals surface area contributed by atoms with E-state index in [1.807, 2.05) is 62.1 Å². The summed E-state index contributed by atoms with van der Waals surface area (Å²) in [6.45, 7) is 10.3. The average Bonchev–Trinajstić information content (AvgIpc) is 2.92. The summed E-state index contributed by atoms with van der Waals surface area (Å²) in [5.74, 6) is 0.272. The molecule has 2 fully saturated rings. The lowest BCUT2D eigenvalue weighted by atomic mass is 9.72. The minimum atomic E-state index is -0.459. The quantitative estimate of drug-likeness (QED) is 0.465. The molecule has 0 saturated carbocycles. The van der Waals surface area contributed by atoms with E-state index in [1.54, 1.807) is 0 Å². The van der Waals surface area contributed by atoms with Gasteiger partial charge in [-0.25, -0.2) is 9.78 Å². The molecule has 0 atom stereocenters. The zero-order valence-corrected chi connectivity index (χ0v) is 23.4. The normalized spacial score (nSPS) is 18.4. The van der Waals surface area contributed by atoms with E-state index in [-0.39, 0.29) is 18.6 Å². The number of anilines is 1. The molecule has 6 rings (SSSR count). The van der Waals surface area contributed by atoms with Crippen molar-refractivity contribution in [3.05, 3.63) is 66.2 Å². The molecule has 40 heavy (non-hydrogen) atoms. The largest absolute Gasteiger partial charge is 0.466 e. The highest BCUT2D eigenvalue weighted by atomic mass is 16.6. The maximum absolute atomic E-state index is 12.4. The van der Waals surface area contributed by atoms with E-state index in [0.717, 1.165) is 67.9 Å². The number of benzene rings is 2. The fraction of sp³-hybridized carbons (Fsp3) is 0.406. The van der Waals surface area contributed by atoms with Gasteiger partial charge in [0, 0.05) is 43.9 Å². The summed E-state index contributed by atoms with van der Waals surface area (Å²) in [4.78, 5) is 33.5. The molecule has 3 aromatic rings. The predicted molar refractivity (Wildman–Crippen MR) is 154 cm³/mol. The number of fused-ring (bicyclic) bond motifs is 1. The van der Waals surface area contributed by atoms with Gasteiger partial charge < -0.3 is 19.7 Å². The molecule has 1 N–H and O–H groups in total. The molecule has 208 valence electrons. The van der Waals surface area contributed by atoms with Crippen LogP contribution in [0.2, 0.25) is 0 Å². The zero-order chi connectivity index (χ0) is 27.9. The van der Waals surface area contributed by atoms with Gasteiger partial charge in [-0.1, -0.05) is 54.6 Å². The molecule has 4 heterocycles. The first-order valence-electron chi connectivity index (χ1n) is 14.0. The minimum absolute atomic E-state index is 0.0284. The molecule has 2 amide bonds. The standard InChI is InChI=1S/C32H36N4O4/c1-31(2,3)40-30(38)36-15-13-32(14-16-36)20-35(21-32)18-22-9-11-24(12-10-22)28-25(23-7-5-4-6-8-23)17-26-29(34-28)39-19-27(37)33-26/h4-12,17H,13-16,18-21H2,1-3H3,(H,33,37). The number of piperidine rings is 1. The molecule has 0 unspecified atom stereocenters. The van der Waals surface area contributed by atoms with Crippen LogP contribution in [0.1, 0.15) is 39.2 Å². The topological polar surface area (TPSA) is 84.0 Å². The summed E-state index contributed by atoms with van der Waals surface area (Å²) in [5.41, 5.74) is 5.51. The summed E-state index contributed by atoms with van der Waals surface area (Å²) < 4.78 is 11.2. The molecule has 0 aliphatic carbocycles. The Hall–Kier alpha value is -3.91. The van der Waals surface area contributed by atoms with Crippen molar-refractivity contribution in [1.82, 2.24) is 14.8 Å². The lowest BCUT2D eigenvalue weighted by Gasteiger charge is -2.54. The molecule has 0 radical (unpaired) electrons. The molecule has 8 heteroatoms. The third-order valence-corrected chi connectivity index (χ3v) is 7.91. The first-order valence-corrected chi connectivity index (χ1v) is 14.0. The van der Waals surface area contributed by atoms with Crippen LogP contribution in [-0.4, -0.2) is 65.2 Å². The van der Waals surface area contributed by atoms with E-state index in [4.69, 9.17) is 14.5 Å². The molecule has 8 nitrogen and oxygen atoms in total. The Bertz CT molecular complexity index is 1400. The van der Waals surface area contributed by atoms with Crippen molar-refractivity contribution in [2.45, 2.75) is 45.8 Å². The van der Waals surface area contributed by atoms with Gasteiger partial charge in [0.1, 0.15) is 11.3 Å². The number of pyridine rings is 1. The molecule has 3 aliphatic rings. The highest BCUT2D eigenvalue weighted by Gasteiger charge is 2.45. The van der Waals surface area contributed by atoms with Gasteiger partial charge >= 0.3 is 6.09 Å². The lowest BCUT2D eigenvalue weighted by molar-refractivity contribution is -0.118. The van der Waals surface area contributed by atoms with Crippen LogP contribution in [0.5, 0.6) is 5.88 Å². The Labute approximate surface area is 235 Å². The first-order chi connectivity index (χ1) is 19.2. The second kappa shape index (κ2) is 10.2. The van der Waals surface area contributed by atoms with Crippen molar-refractivity contribution in [3.63, 3.8) is 0 Å². The number of hydrogen-bond donors (Lipinski definition) is 1. The van der Waals surface area contributed by atoms with E-state index in [1.165, 1.54) is 5.56 Å². The van der Waals surface area contributed by atoms with E-state index < -0.39 is 5.60 Å². The maximum Gasteiger partial charge on any atom is 0.410 e. The Morgan fingerprint density at radius 1 is 1.02 bits per heavy atom. The zero-order valence-electron chi connectivity index (χ0n) is 23.4. The minimum Gasteiger partial charge on any atom is -0.466 e. The number of rotatable bonds is 4. The average molecular weight is 541 g/mol. The molecule has 2 saturated heterocycles. The van der Waals surface area contributed by atoms with Crippen LogP contribution in [0, 0.1) is 5.41 Å². The van der Waals surface area contributed by atoms with Crippen molar-refractivity contribution in [2.24, 2.45) is 5.41 Å². The van der Waals surface area contributed by atoms with E-state index in [9.17, 15) is 9.59 Å². The Kier molecular flexibility index (Phi) is 6.74. The number of hydrogen-bond acceptors (Lipinski definition) is 6. The molecule has 1 spiro atoms. The summed E-state index contributed by atoms with van der Waals surface area (Å²) in [6, 6.07) is 20.6. The van der Waals surface area contributed by atoms with E-state index in [0.29, 0.717) is 17.0 Å². The molecular weight excluding hydrogens is 504 g/mol. The lowest BCUT2D eigenvalue weighted by Crippen LogP contribution is -2.60. The van der Waals surface area contributed by atoms with Crippen molar-refractivity contribution in [2.75, 3.05) is 38.1 Å². The van der Waals surface area contributed by atoms with Crippen LogP contribution in [0.4, 0.5) is 10.5 Å². The Morgan fingerprint density at radius 3 is 2.40 bits per heavy atom. The number of carbonyl (C=O) groups is 2. The smallest absolute Gasteiger partial charge is 0.410 e. The number of aromatic nitrogens is 1. The summed E-state index contributed by atoms with van der Waals surface area (Å²) in [6.07, 6.45) is 1.85. The SMILES string of the molecule is CC(C)(C)OC(=O)N1CCC2(CC1)CN(Cc1ccc(-c3nc4c(cc3-c3ccccc3)NC(=O)CO4)cc1)C2. The predicted octanol–water partition coefficient (Wildman–Crippen LogP) is 5.58. The van der Waals surface area contributed by atoms with Crippen molar-refractivity contribution in [3.8, 4) is 28.3 Å². The fourth-order valence-electron chi connectivity index (χ4n) is 5.92. The molecule has 0 bridgehead atoms. The van der Waals surface area contributed by atoms with Gasteiger partial charge in [-0.15, -0.1) is 0 Å². The first kappa shape index (κ1) is 26.3. The van der Waals surface area contributed by atoms with Crippen molar-refractivity contribution < 1.29 is 19.1 Å². The molecule has 3 aliphatic heterocycles. The van der Waals surface area contributed by atoms with Crippen LogP contribution < -0.4 is 10.1 Å². The Morgan fingerprint density at radius 2 is 1.73 bits per heavy atom. The fourth-order valence-corrected chi connectivity index (χ4v) is 5.92. The Balaban J connectivity index is 1.11. The van der Waals surface area contributed by atoms with Gasteiger partial charge in [-0.2, -0.15) is 0 Å². The molecular formula is C32H36N4O4. The van der Waals surface area contributed by atoms with E-state index in [2.05, 4.69) is 34.5 Å². The van der Waals surface area contributed by atoms with Crippen LogP contribution in [-0.2, 0) is 16.1 Å². The third kappa shape index (κ3) is 5.54. The van der Waals surface area contributed by atoms with Crippen LogP contribution in [0.25, 0.3) is 22.4 Å². The van der Waals surface area contributed by atoms with Crippen molar-refractivity contribution >= 4 is 17.7 Å². The number of likely N-dealkylation sites (tertiary alicyclic amines) is 2. The maximum atomic E-state index is 12.4.